The second kappa shape index (κ2) is 5.23. The van der Waals surface area contributed by atoms with Gasteiger partial charge < -0.3 is 10.1 Å². The predicted octanol–water partition coefficient (Wildman–Crippen LogP) is -0.0898. The highest BCUT2D eigenvalue weighted by Gasteiger charge is 2.17. The van der Waals surface area contributed by atoms with Gasteiger partial charge in [0.2, 0.25) is 0 Å². The molecule has 1 aromatic heterocycles. The summed E-state index contributed by atoms with van der Waals surface area (Å²) >= 11 is 0. The smallest absolute Gasteiger partial charge is 0.139 e. The predicted molar refractivity (Wildman–Crippen MR) is 59.1 cm³/mol. The summed E-state index contributed by atoms with van der Waals surface area (Å²) in [6, 6.07) is 0.179. The van der Waals surface area contributed by atoms with Gasteiger partial charge in [0.1, 0.15) is 5.78 Å². The molecule has 1 fully saturated rings. The Morgan fingerprint density at radius 2 is 2.62 bits per heavy atom. The van der Waals surface area contributed by atoms with E-state index in [-0.39, 0.29) is 11.8 Å². The molecule has 5 nitrogen and oxygen atoms in total. The Labute approximate surface area is 94.8 Å². The molecule has 5 heteroatoms. The molecule has 1 aliphatic rings. The van der Waals surface area contributed by atoms with Gasteiger partial charge >= 0.3 is 0 Å². The van der Waals surface area contributed by atoms with Gasteiger partial charge in [-0.1, -0.05) is 0 Å². The fraction of sp³-hybridized carbons (Fsp3) is 0.636. The van der Waals surface area contributed by atoms with Gasteiger partial charge in [-0.3, -0.25) is 9.48 Å². The van der Waals surface area contributed by atoms with Crippen LogP contribution < -0.4 is 5.32 Å². The first-order valence-corrected chi connectivity index (χ1v) is 5.54. The molecular weight excluding hydrogens is 206 g/mol. The first-order valence-electron chi connectivity index (χ1n) is 5.54. The molecule has 0 aromatic carbocycles. The lowest BCUT2D eigenvalue weighted by molar-refractivity contribution is -0.119. The molecule has 1 saturated heterocycles. The van der Waals surface area contributed by atoms with Crippen molar-refractivity contribution in [1.29, 1.82) is 0 Å². The van der Waals surface area contributed by atoms with Crippen molar-refractivity contribution < 1.29 is 9.53 Å². The van der Waals surface area contributed by atoms with E-state index in [1.54, 1.807) is 10.9 Å². The molecule has 0 aliphatic carbocycles. The van der Waals surface area contributed by atoms with E-state index in [2.05, 4.69) is 10.4 Å². The summed E-state index contributed by atoms with van der Waals surface area (Å²) in [6.07, 6.45) is 4.62. The summed E-state index contributed by atoms with van der Waals surface area (Å²) in [5.41, 5.74) is 0.976. The highest BCUT2D eigenvalue weighted by molar-refractivity contribution is 5.81. The SMILES string of the molecule is Cn1cc(CC(=O)CC2COCCN2)cn1. The molecule has 0 bridgehead atoms. The van der Waals surface area contributed by atoms with Crippen molar-refractivity contribution >= 4 is 5.78 Å². The zero-order valence-electron chi connectivity index (χ0n) is 9.48. The van der Waals surface area contributed by atoms with Gasteiger partial charge in [0, 0.05) is 38.7 Å². The van der Waals surface area contributed by atoms with E-state index in [4.69, 9.17) is 4.74 Å². The van der Waals surface area contributed by atoms with Crippen LogP contribution in [0.1, 0.15) is 12.0 Å². The summed E-state index contributed by atoms with van der Waals surface area (Å²) in [7, 11) is 1.85. The van der Waals surface area contributed by atoms with Gasteiger partial charge in [0.05, 0.1) is 19.4 Å². The normalized spacial score (nSPS) is 20.9. The average Bonchev–Trinajstić information content (AvgIpc) is 2.65. The minimum absolute atomic E-state index is 0.179. The van der Waals surface area contributed by atoms with Crippen LogP contribution in [-0.4, -0.2) is 41.4 Å². The van der Waals surface area contributed by atoms with Gasteiger partial charge in [0.15, 0.2) is 0 Å². The van der Waals surface area contributed by atoms with E-state index in [0.29, 0.717) is 19.4 Å². The monoisotopic (exact) mass is 223 g/mol. The average molecular weight is 223 g/mol. The molecule has 0 spiro atoms. The molecule has 88 valence electrons. The number of ether oxygens (including phenoxy) is 1. The number of aryl methyl sites for hydroxylation is 1. The number of carbonyl (C=O) groups excluding carboxylic acids is 1. The van der Waals surface area contributed by atoms with Crippen LogP contribution in [0, 0.1) is 0 Å². The number of morpholine rings is 1. The summed E-state index contributed by atoms with van der Waals surface area (Å²) in [6.45, 7) is 2.22. The van der Waals surface area contributed by atoms with Gasteiger partial charge in [-0.15, -0.1) is 0 Å². The van der Waals surface area contributed by atoms with E-state index < -0.39 is 0 Å². The molecule has 0 amide bonds. The summed E-state index contributed by atoms with van der Waals surface area (Å²) in [4.78, 5) is 11.8. The van der Waals surface area contributed by atoms with Crippen molar-refractivity contribution in [2.24, 2.45) is 7.05 Å². The number of hydrogen-bond acceptors (Lipinski definition) is 4. The Morgan fingerprint density at radius 1 is 1.75 bits per heavy atom. The minimum Gasteiger partial charge on any atom is -0.379 e. The Balaban J connectivity index is 1.79. The topological polar surface area (TPSA) is 56.1 Å². The first-order chi connectivity index (χ1) is 7.74. The fourth-order valence-corrected chi connectivity index (χ4v) is 1.89. The van der Waals surface area contributed by atoms with Crippen LogP contribution in [0.3, 0.4) is 0 Å². The van der Waals surface area contributed by atoms with E-state index in [1.165, 1.54) is 0 Å². The Hall–Kier alpha value is -1.20. The molecule has 2 heterocycles. The molecule has 1 atom stereocenters. The standard InChI is InChI=1S/C11H17N3O2/c1-14-7-9(6-13-14)4-11(15)5-10-8-16-3-2-12-10/h6-7,10,12H,2-5,8H2,1H3. The van der Waals surface area contributed by atoms with Gasteiger partial charge in [0.25, 0.3) is 0 Å². The van der Waals surface area contributed by atoms with E-state index in [1.807, 2.05) is 13.2 Å². The highest BCUT2D eigenvalue weighted by Crippen LogP contribution is 2.04. The highest BCUT2D eigenvalue weighted by atomic mass is 16.5. The van der Waals surface area contributed by atoms with E-state index in [9.17, 15) is 4.79 Å². The molecular formula is C11H17N3O2. The number of nitrogens with one attached hydrogen (secondary N) is 1. The lowest BCUT2D eigenvalue weighted by Crippen LogP contribution is -2.42. The van der Waals surface area contributed by atoms with Crippen molar-refractivity contribution in [3.05, 3.63) is 18.0 Å². The van der Waals surface area contributed by atoms with Gasteiger partial charge in [-0.05, 0) is 5.56 Å². The van der Waals surface area contributed by atoms with Crippen LogP contribution in [0.5, 0.6) is 0 Å². The molecule has 1 aliphatic heterocycles. The second-order valence-electron chi connectivity index (χ2n) is 4.17. The maximum absolute atomic E-state index is 11.8. The van der Waals surface area contributed by atoms with Crippen LogP contribution in [0.4, 0.5) is 0 Å². The minimum atomic E-state index is 0.179. The quantitative estimate of drug-likeness (QED) is 0.775. The fourth-order valence-electron chi connectivity index (χ4n) is 1.89. The van der Waals surface area contributed by atoms with Crippen molar-refractivity contribution in [2.75, 3.05) is 19.8 Å². The number of carbonyl (C=O) groups is 1. The molecule has 0 saturated carbocycles. The number of ketones is 1. The zero-order valence-corrected chi connectivity index (χ0v) is 9.48. The first kappa shape index (κ1) is 11.3. The van der Waals surface area contributed by atoms with Crippen LogP contribution in [0.2, 0.25) is 0 Å². The molecule has 1 N–H and O–H groups in total. The number of Topliss-reactive ketones (excluding diaryl/α,β-unsaturated/α-hetero) is 1. The molecule has 1 aromatic rings. The molecule has 2 rings (SSSR count). The van der Waals surface area contributed by atoms with Crippen LogP contribution in [0.25, 0.3) is 0 Å². The van der Waals surface area contributed by atoms with Crippen molar-refractivity contribution in [1.82, 2.24) is 15.1 Å². The van der Waals surface area contributed by atoms with E-state index in [0.717, 1.165) is 18.7 Å². The lowest BCUT2D eigenvalue weighted by Gasteiger charge is -2.22. The number of nitrogens with zero attached hydrogens (tertiary/aromatic N) is 2. The number of hydrogen-bond donors (Lipinski definition) is 1. The third-order valence-corrected chi connectivity index (χ3v) is 2.63. The second-order valence-corrected chi connectivity index (χ2v) is 4.17. The van der Waals surface area contributed by atoms with Crippen molar-refractivity contribution in [2.45, 2.75) is 18.9 Å². The molecule has 1 unspecified atom stereocenters. The Kier molecular flexibility index (Phi) is 3.69. The lowest BCUT2D eigenvalue weighted by atomic mass is 10.1. The van der Waals surface area contributed by atoms with E-state index >= 15 is 0 Å². The van der Waals surface area contributed by atoms with Gasteiger partial charge in [-0.25, -0.2) is 0 Å². The summed E-state index contributed by atoms with van der Waals surface area (Å²) < 4.78 is 7.02. The largest absolute Gasteiger partial charge is 0.379 e. The number of rotatable bonds is 4. The maximum Gasteiger partial charge on any atom is 0.139 e. The third kappa shape index (κ3) is 3.15. The number of aromatic nitrogens is 2. The van der Waals surface area contributed by atoms with Gasteiger partial charge in [-0.2, -0.15) is 5.10 Å². The summed E-state index contributed by atoms with van der Waals surface area (Å²) in [5, 5.41) is 7.31. The van der Waals surface area contributed by atoms with Crippen LogP contribution in [-0.2, 0) is 23.0 Å². The molecule has 16 heavy (non-hydrogen) atoms. The Bertz CT molecular complexity index is 356. The maximum atomic E-state index is 11.8. The van der Waals surface area contributed by atoms with Crippen LogP contribution >= 0.6 is 0 Å². The summed E-state index contributed by atoms with van der Waals surface area (Å²) in [5.74, 6) is 0.232. The van der Waals surface area contributed by atoms with Crippen LogP contribution in [0.15, 0.2) is 12.4 Å². The zero-order chi connectivity index (χ0) is 11.4. The third-order valence-electron chi connectivity index (χ3n) is 2.63. The van der Waals surface area contributed by atoms with Crippen molar-refractivity contribution in [3.8, 4) is 0 Å². The Morgan fingerprint density at radius 3 is 3.25 bits per heavy atom. The molecule has 0 radical (unpaired) electrons. The van der Waals surface area contributed by atoms with Crippen molar-refractivity contribution in [3.63, 3.8) is 0 Å².